The first kappa shape index (κ1) is 26.1. The molecular weight excluding hydrogens is 587 g/mol. The number of hydrogen-bond acceptors (Lipinski definition) is 6. The standard InChI is InChI=1S/C26H17BrCl2N2O4S/c1-34-22-10-16(8-19(27)24(22)35-14-15-6-7-20(28)21(29)9-15)11-23-25(32)31(26(33)36-23)13-18-5-3-2-4-17(18)12-30/h2-11H,13-14H2,1H3/b23-11+. The zero-order valence-corrected chi connectivity index (χ0v) is 22.7. The van der Waals surface area contributed by atoms with Gasteiger partial charge in [0.25, 0.3) is 11.1 Å². The average Bonchev–Trinajstić information content (AvgIpc) is 3.12. The Morgan fingerprint density at radius 2 is 1.89 bits per heavy atom. The van der Waals surface area contributed by atoms with Crippen LogP contribution in [-0.4, -0.2) is 23.2 Å². The highest BCUT2D eigenvalue weighted by Gasteiger charge is 2.35. The summed E-state index contributed by atoms with van der Waals surface area (Å²) in [7, 11) is 1.51. The first-order chi connectivity index (χ1) is 17.3. The van der Waals surface area contributed by atoms with Gasteiger partial charge in [0.2, 0.25) is 0 Å². The minimum Gasteiger partial charge on any atom is -0.493 e. The number of methoxy groups -OCH3 is 1. The van der Waals surface area contributed by atoms with Crippen LogP contribution in [0.1, 0.15) is 22.3 Å². The zero-order chi connectivity index (χ0) is 25.8. The lowest BCUT2D eigenvalue weighted by atomic mass is 10.1. The molecule has 1 heterocycles. The number of carbonyl (C=O) groups is 2. The van der Waals surface area contributed by atoms with E-state index >= 15 is 0 Å². The molecule has 0 N–H and O–H groups in total. The van der Waals surface area contributed by atoms with Crippen molar-refractivity contribution in [2.75, 3.05) is 7.11 Å². The highest BCUT2D eigenvalue weighted by molar-refractivity contribution is 9.10. The van der Waals surface area contributed by atoms with Crippen molar-refractivity contribution < 1.29 is 19.1 Å². The molecule has 182 valence electrons. The molecule has 0 unspecified atom stereocenters. The molecule has 10 heteroatoms. The predicted octanol–water partition coefficient (Wildman–Crippen LogP) is 7.45. The number of nitrogens with zero attached hydrogens (tertiary/aromatic N) is 2. The molecule has 6 nitrogen and oxygen atoms in total. The fraction of sp³-hybridized carbons (Fsp3) is 0.115. The van der Waals surface area contributed by atoms with E-state index in [9.17, 15) is 14.9 Å². The SMILES string of the molecule is COc1cc(/C=C2/SC(=O)N(Cc3ccccc3C#N)C2=O)cc(Br)c1OCc1ccc(Cl)c(Cl)c1. The van der Waals surface area contributed by atoms with Crippen LogP contribution < -0.4 is 9.47 Å². The van der Waals surface area contributed by atoms with Crippen molar-refractivity contribution in [2.24, 2.45) is 0 Å². The van der Waals surface area contributed by atoms with Crippen LogP contribution in [0.4, 0.5) is 4.79 Å². The summed E-state index contributed by atoms with van der Waals surface area (Å²) in [6.45, 7) is 0.258. The summed E-state index contributed by atoms with van der Waals surface area (Å²) in [5.74, 6) is 0.493. The van der Waals surface area contributed by atoms with E-state index in [0.717, 1.165) is 22.2 Å². The largest absolute Gasteiger partial charge is 0.493 e. The van der Waals surface area contributed by atoms with Gasteiger partial charge in [0.15, 0.2) is 11.5 Å². The predicted molar refractivity (Wildman–Crippen MR) is 144 cm³/mol. The van der Waals surface area contributed by atoms with E-state index in [0.29, 0.717) is 42.7 Å². The van der Waals surface area contributed by atoms with E-state index in [4.69, 9.17) is 32.7 Å². The Hall–Kier alpha value is -2.96. The maximum Gasteiger partial charge on any atom is 0.293 e. The fourth-order valence-electron chi connectivity index (χ4n) is 3.47. The topological polar surface area (TPSA) is 79.6 Å². The van der Waals surface area contributed by atoms with Crippen LogP contribution in [0.2, 0.25) is 10.0 Å². The Balaban J connectivity index is 1.54. The molecule has 0 saturated carbocycles. The highest BCUT2D eigenvalue weighted by atomic mass is 79.9. The molecule has 1 aliphatic rings. The van der Waals surface area contributed by atoms with Crippen molar-refractivity contribution in [3.8, 4) is 17.6 Å². The molecule has 0 radical (unpaired) electrons. The number of carbonyl (C=O) groups excluding carboxylic acids is 2. The summed E-state index contributed by atoms with van der Waals surface area (Å²) in [5, 5.41) is 9.80. The number of benzene rings is 3. The quantitative estimate of drug-likeness (QED) is 0.261. The molecular formula is C26H17BrCl2N2O4S. The lowest BCUT2D eigenvalue weighted by molar-refractivity contribution is -0.123. The van der Waals surface area contributed by atoms with E-state index in [2.05, 4.69) is 22.0 Å². The number of rotatable bonds is 7. The summed E-state index contributed by atoms with van der Waals surface area (Å²) in [4.78, 5) is 27.0. The normalized spacial score (nSPS) is 14.3. The number of nitriles is 1. The van der Waals surface area contributed by atoms with Gasteiger partial charge < -0.3 is 9.47 Å². The highest BCUT2D eigenvalue weighted by Crippen LogP contribution is 2.40. The van der Waals surface area contributed by atoms with Crippen LogP contribution in [0.25, 0.3) is 6.08 Å². The Morgan fingerprint density at radius 3 is 2.61 bits per heavy atom. The lowest BCUT2D eigenvalue weighted by Crippen LogP contribution is -2.27. The molecule has 1 saturated heterocycles. The van der Waals surface area contributed by atoms with Gasteiger partial charge in [0, 0.05) is 0 Å². The molecule has 3 aromatic rings. The Morgan fingerprint density at radius 1 is 1.11 bits per heavy atom. The number of hydrogen-bond donors (Lipinski definition) is 0. The lowest BCUT2D eigenvalue weighted by Gasteiger charge is -2.14. The van der Waals surface area contributed by atoms with E-state index in [1.807, 2.05) is 6.07 Å². The van der Waals surface area contributed by atoms with Crippen molar-refractivity contribution in [3.05, 3.63) is 96.3 Å². The zero-order valence-electron chi connectivity index (χ0n) is 18.8. The van der Waals surface area contributed by atoms with Gasteiger partial charge in [-0.05, 0) is 80.8 Å². The molecule has 2 amide bonds. The molecule has 0 aromatic heterocycles. The Bertz CT molecular complexity index is 1440. The molecule has 0 aliphatic carbocycles. The molecule has 4 rings (SSSR count). The number of thioether (sulfide) groups is 1. The number of halogens is 3. The molecule has 3 aromatic carbocycles. The first-order valence-electron chi connectivity index (χ1n) is 10.5. The van der Waals surface area contributed by atoms with Crippen molar-refractivity contribution in [3.63, 3.8) is 0 Å². The van der Waals surface area contributed by atoms with Gasteiger partial charge in [-0.15, -0.1) is 0 Å². The van der Waals surface area contributed by atoms with Crippen LogP contribution >= 0.6 is 50.9 Å². The van der Waals surface area contributed by atoms with Gasteiger partial charge >= 0.3 is 0 Å². The number of amides is 2. The minimum absolute atomic E-state index is 0.0280. The van der Waals surface area contributed by atoms with Gasteiger partial charge in [0.05, 0.1) is 44.7 Å². The van der Waals surface area contributed by atoms with Gasteiger partial charge in [0.1, 0.15) is 6.61 Å². The second kappa shape index (κ2) is 11.4. The fourth-order valence-corrected chi connectivity index (χ4v) is 5.21. The summed E-state index contributed by atoms with van der Waals surface area (Å²) in [6.07, 6.45) is 1.62. The van der Waals surface area contributed by atoms with Crippen molar-refractivity contribution in [1.82, 2.24) is 4.90 Å². The summed E-state index contributed by atoms with van der Waals surface area (Å²) < 4.78 is 12.1. The van der Waals surface area contributed by atoms with Crippen molar-refractivity contribution in [2.45, 2.75) is 13.2 Å². The van der Waals surface area contributed by atoms with Crippen molar-refractivity contribution >= 4 is 68.1 Å². The third-order valence-corrected chi connectivity index (χ3v) is 7.49. The minimum atomic E-state index is -0.423. The Labute approximate surface area is 230 Å². The molecule has 1 fully saturated rings. The molecule has 0 spiro atoms. The molecule has 36 heavy (non-hydrogen) atoms. The third kappa shape index (κ3) is 5.71. The second-order valence-corrected chi connectivity index (χ2v) is 10.3. The van der Waals surface area contributed by atoms with E-state index < -0.39 is 11.1 Å². The summed E-state index contributed by atoms with van der Waals surface area (Å²) in [5.41, 5.74) is 2.50. The van der Waals surface area contributed by atoms with Crippen LogP contribution in [0.15, 0.2) is 64.0 Å². The van der Waals surface area contributed by atoms with E-state index in [1.54, 1.807) is 54.6 Å². The first-order valence-corrected chi connectivity index (χ1v) is 12.8. The van der Waals surface area contributed by atoms with Crippen LogP contribution in [0.5, 0.6) is 11.5 Å². The monoisotopic (exact) mass is 602 g/mol. The maximum atomic E-state index is 13.0. The van der Waals surface area contributed by atoms with E-state index in [-0.39, 0.29) is 18.1 Å². The summed E-state index contributed by atoms with van der Waals surface area (Å²) in [6, 6.07) is 17.7. The molecule has 0 atom stereocenters. The van der Waals surface area contributed by atoms with Gasteiger partial charge in [-0.1, -0.05) is 47.5 Å². The van der Waals surface area contributed by atoms with Crippen LogP contribution in [0.3, 0.4) is 0 Å². The summed E-state index contributed by atoms with van der Waals surface area (Å²) >= 11 is 16.4. The molecule has 1 aliphatic heterocycles. The number of imide groups is 1. The third-order valence-electron chi connectivity index (χ3n) is 5.26. The number of ether oxygens (including phenoxy) is 2. The van der Waals surface area contributed by atoms with Crippen LogP contribution in [0, 0.1) is 11.3 Å². The Kier molecular flexibility index (Phi) is 8.27. The van der Waals surface area contributed by atoms with Crippen molar-refractivity contribution in [1.29, 1.82) is 5.26 Å². The van der Waals surface area contributed by atoms with Gasteiger partial charge in [-0.2, -0.15) is 5.26 Å². The average molecular weight is 604 g/mol. The van der Waals surface area contributed by atoms with Gasteiger partial charge in [-0.3, -0.25) is 14.5 Å². The van der Waals surface area contributed by atoms with Crippen LogP contribution in [-0.2, 0) is 17.9 Å². The smallest absolute Gasteiger partial charge is 0.293 e. The second-order valence-electron chi connectivity index (χ2n) is 7.61. The maximum absolute atomic E-state index is 13.0. The van der Waals surface area contributed by atoms with Gasteiger partial charge in [-0.25, -0.2) is 0 Å². The molecule has 0 bridgehead atoms. The van der Waals surface area contributed by atoms with E-state index in [1.165, 1.54) is 7.11 Å².